The molecule has 8 aromatic rings. The first-order chi connectivity index (χ1) is 26.7. The molecule has 0 saturated heterocycles. The fourth-order valence-corrected chi connectivity index (χ4v) is 9.00. The average molecular weight is 694 g/mol. The Balaban J connectivity index is 1.01. The lowest BCUT2D eigenvalue weighted by Crippen LogP contribution is -2.28. The largest absolute Gasteiger partial charge is 0.264 e. The van der Waals surface area contributed by atoms with Gasteiger partial charge in [0.1, 0.15) is 0 Å². The topological polar surface area (TPSA) is 38.7 Å². The monoisotopic (exact) mass is 693 g/mol. The van der Waals surface area contributed by atoms with Crippen LogP contribution in [-0.4, -0.2) is 15.0 Å². The summed E-state index contributed by atoms with van der Waals surface area (Å²) in [5, 5.41) is 0. The molecule has 0 N–H and O–H groups in total. The van der Waals surface area contributed by atoms with Crippen molar-refractivity contribution in [3.63, 3.8) is 0 Å². The quantitative estimate of drug-likeness (QED) is 0.174. The summed E-state index contributed by atoms with van der Waals surface area (Å²) in [7, 11) is 0. The van der Waals surface area contributed by atoms with Crippen LogP contribution >= 0.6 is 0 Å². The van der Waals surface area contributed by atoms with E-state index in [1.807, 2.05) is 30.5 Å². The van der Waals surface area contributed by atoms with Crippen LogP contribution < -0.4 is 0 Å². The Labute approximate surface area is 317 Å². The molecule has 0 unspecified atom stereocenters. The van der Waals surface area contributed by atoms with Crippen LogP contribution in [0.3, 0.4) is 0 Å². The van der Waals surface area contributed by atoms with Gasteiger partial charge in [-0.1, -0.05) is 165 Å². The molecule has 0 atom stereocenters. The highest BCUT2D eigenvalue weighted by atomic mass is 14.9. The number of fused-ring (bicyclic) bond motifs is 5. The zero-order valence-corrected chi connectivity index (χ0v) is 30.1. The van der Waals surface area contributed by atoms with Gasteiger partial charge in [0.15, 0.2) is 5.82 Å². The molecular weight excluding hydrogens is 655 g/mol. The standard InChI is InChI=1S/C51H39N3/c1-3-12-39(13-4-1)50-53-47(38-27-23-36(24-28-38)42-16-11-31-52-34-42)33-48(54-50)41-15-9-14-40(32-41)35-21-25-37(26-22-35)43-18-10-19-45-44-17-5-6-20-46(44)51(49(43)45)29-7-2-8-30-51/h1,3-6,9-28,31-34H,2,7-8,29-30H2. The maximum absolute atomic E-state index is 5.13. The lowest BCUT2D eigenvalue weighted by molar-refractivity contribution is 0.353. The summed E-state index contributed by atoms with van der Waals surface area (Å²) in [6.45, 7) is 0. The van der Waals surface area contributed by atoms with Crippen molar-refractivity contribution in [3.8, 4) is 78.4 Å². The second-order valence-corrected chi connectivity index (χ2v) is 14.7. The van der Waals surface area contributed by atoms with E-state index in [0.717, 1.165) is 44.8 Å². The number of hydrogen-bond donors (Lipinski definition) is 0. The van der Waals surface area contributed by atoms with E-state index in [9.17, 15) is 0 Å². The van der Waals surface area contributed by atoms with Crippen LogP contribution in [0.15, 0.2) is 176 Å². The zero-order valence-electron chi connectivity index (χ0n) is 30.1. The van der Waals surface area contributed by atoms with Crippen LogP contribution in [0.2, 0.25) is 0 Å². The summed E-state index contributed by atoms with van der Waals surface area (Å²) in [5.74, 6) is 0.711. The van der Waals surface area contributed by atoms with Crippen molar-refractivity contribution in [2.24, 2.45) is 0 Å². The summed E-state index contributed by atoms with van der Waals surface area (Å²) < 4.78 is 0. The van der Waals surface area contributed by atoms with Crippen LogP contribution in [-0.2, 0) is 5.41 Å². The molecule has 0 bridgehead atoms. The lowest BCUT2D eigenvalue weighted by atomic mass is 9.66. The third-order valence-electron chi connectivity index (χ3n) is 11.6. The third-order valence-corrected chi connectivity index (χ3v) is 11.6. The first-order valence-corrected chi connectivity index (χ1v) is 19.1. The number of benzene rings is 6. The molecule has 2 aliphatic rings. The average Bonchev–Trinajstić information content (AvgIpc) is 3.53. The number of pyridine rings is 1. The Morgan fingerprint density at radius 2 is 0.981 bits per heavy atom. The Kier molecular flexibility index (Phi) is 8.06. The molecule has 3 nitrogen and oxygen atoms in total. The first-order valence-electron chi connectivity index (χ1n) is 19.1. The Morgan fingerprint density at radius 1 is 0.389 bits per heavy atom. The van der Waals surface area contributed by atoms with Crippen molar-refractivity contribution < 1.29 is 0 Å². The number of nitrogens with zero attached hydrogens (tertiary/aromatic N) is 3. The molecule has 54 heavy (non-hydrogen) atoms. The molecular formula is C51H39N3. The molecule has 3 heteroatoms. The van der Waals surface area contributed by atoms with Crippen LogP contribution in [0.25, 0.3) is 78.4 Å². The molecule has 10 rings (SSSR count). The van der Waals surface area contributed by atoms with Crippen molar-refractivity contribution in [1.82, 2.24) is 15.0 Å². The van der Waals surface area contributed by atoms with Gasteiger partial charge in [0, 0.05) is 34.5 Å². The van der Waals surface area contributed by atoms with Crippen LogP contribution in [0.1, 0.15) is 43.2 Å². The summed E-state index contributed by atoms with van der Waals surface area (Å²) in [6, 6.07) is 59.0. The van der Waals surface area contributed by atoms with Gasteiger partial charge in [0.05, 0.1) is 11.4 Å². The van der Waals surface area contributed by atoms with Gasteiger partial charge in [-0.25, -0.2) is 9.97 Å². The predicted molar refractivity (Wildman–Crippen MR) is 222 cm³/mol. The molecule has 6 aromatic carbocycles. The molecule has 0 aliphatic heterocycles. The van der Waals surface area contributed by atoms with Gasteiger partial charge < -0.3 is 0 Å². The van der Waals surface area contributed by atoms with Crippen molar-refractivity contribution in [2.75, 3.05) is 0 Å². The van der Waals surface area contributed by atoms with E-state index in [0.29, 0.717) is 5.82 Å². The highest BCUT2D eigenvalue weighted by Gasteiger charge is 2.45. The minimum absolute atomic E-state index is 0.115. The van der Waals surface area contributed by atoms with Gasteiger partial charge in [-0.15, -0.1) is 0 Å². The minimum Gasteiger partial charge on any atom is -0.264 e. The lowest BCUT2D eigenvalue weighted by Gasteiger charge is -2.37. The molecule has 1 fully saturated rings. The molecule has 2 aromatic heterocycles. The fourth-order valence-electron chi connectivity index (χ4n) is 9.00. The number of rotatable bonds is 6. The Morgan fingerprint density at radius 3 is 1.76 bits per heavy atom. The van der Waals surface area contributed by atoms with Gasteiger partial charge in [-0.05, 0) is 86.7 Å². The van der Waals surface area contributed by atoms with E-state index >= 15 is 0 Å². The molecule has 1 spiro atoms. The predicted octanol–water partition coefficient (Wildman–Crippen LogP) is 13.1. The van der Waals surface area contributed by atoms with E-state index in [1.165, 1.54) is 65.5 Å². The van der Waals surface area contributed by atoms with E-state index in [-0.39, 0.29) is 5.41 Å². The van der Waals surface area contributed by atoms with Gasteiger partial charge >= 0.3 is 0 Å². The smallest absolute Gasteiger partial charge is 0.160 e. The highest BCUT2D eigenvalue weighted by molar-refractivity contribution is 5.89. The zero-order chi connectivity index (χ0) is 35.9. The van der Waals surface area contributed by atoms with Gasteiger partial charge in [-0.3, -0.25) is 4.98 Å². The molecule has 0 radical (unpaired) electrons. The summed E-state index contributed by atoms with van der Waals surface area (Å²) in [5.41, 5.74) is 18.1. The van der Waals surface area contributed by atoms with Crippen molar-refractivity contribution in [2.45, 2.75) is 37.5 Å². The molecule has 2 heterocycles. The maximum Gasteiger partial charge on any atom is 0.160 e. The minimum atomic E-state index is 0.115. The van der Waals surface area contributed by atoms with E-state index < -0.39 is 0 Å². The second-order valence-electron chi connectivity index (χ2n) is 14.7. The van der Waals surface area contributed by atoms with E-state index in [2.05, 4.69) is 145 Å². The van der Waals surface area contributed by atoms with Crippen LogP contribution in [0.4, 0.5) is 0 Å². The van der Waals surface area contributed by atoms with Crippen molar-refractivity contribution in [3.05, 3.63) is 187 Å². The van der Waals surface area contributed by atoms with E-state index in [4.69, 9.17) is 9.97 Å². The van der Waals surface area contributed by atoms with Crippen LogP contribution in [0, 0.1) is 0 Å². The molecule has 1 saturated carbocycles. The van der Waals surface area contributed by atoms with Gasteiger partial charge in [0.25, 0.3) is 0 Å². The molecule has 2 aliphatic carbocycles. The summed E-state index contributed by atoms with van der Waals surface area (Å²) >= 11 is 0. The number of hydrogen-bond acceptors (Lipinski definition) is 3. The van der Waals surface area contributed by atoms with Gasteiger partial charge in [0.2, 0.25) is 0 Å². The first kappa shape index (κ1) is 32.2. The molecule has 0 amide bonds. The molecule has 258 valence electrons. The van der Waals surface area contributed by atoms with Crippen molar-refractivity contribution in [1.29, 1.82) is 0 Å². The number of aromatic nitrogens is 3. The van der Waals surface area contributed by atoms with Gasteiger partial charge in [-0.2, -0.15) is 0 Å². The normalized spacial score (nSPS) is 14.1. The van der Waals surface area contributed by atoms with Crippen LogP contribution in [0.5, 0.6) is 0 Å². The van der Waals surface area contributed by atoms with E-state index in [1.54, 1.807) is 11.8 Å². The van der Waals surface area contributed by atoms with Crippen molar-refractivity contribution >= 4 is 0 Å². The summed E-state index contributed by atoms with van der Waals surface area (Å²) in [4.78, 5) is 14.5. The third kappa shape index (κ3) is 5.64. The Bertz CT molecular complexity index is 2600. The Hall–Kier alpha value is -6.45. The summed E-state index contributed by atoms with van der Waals surface area (Å²) in [6.07, 6.45) is 10.1. The maximum atomic E-state index is 5.13. The SMILES string of the molecule is c1ccc(-c2nc(-c3ccc(-c4cccnc4)cc3)cc(-c3cccc(-c4ccc(-c5cccc6c5C5(CCCCC5)c5ccccc5-6)cc4)c3)n2)cc1. The second kappa shape index (κ2) is 13.5. The highest BCUT2D eigenvalue weighted by Crippen LogP contribution is 2.58. The fraction of sp³-hybridized carbons (Fsp3) is 0.118.